The Labute approximate surface area is 230 Å². The number of non-ortho nitro benzene ring substituents is 1. The second-order valence-corrected chi connectivity index (χ2v) is 10.5. The summed E-state index contributed by atoms with van der Waals surface area (Å²) in [5.74, 6) is 1.37. The zero-order chi connectivity index (χ0) is 27.6. The Morgan fingerprint density at radius 2 is 1.77 bits per heavy atom. The molecule has 2 aliphatic rings. The van der Waals surface area contributed by atoms with Crippen molar-refractivity contribution in [1.82, 2.24) is 30.1 Å². The van der Waals surface area contributed by atoms with E-state index in [-0.39, 0.29) is 22.2 Å². The topological polar surface area (TPSA) is 135 Å². The van der Waals surface area contributed by atoms with Crippen LogP contribution in [-0.4, -0.2) is 68.3 Å². The monoisotopic (exact) mass is 544 g/mol. The number of nitrogens with zero attached hydrogens (tertiary/aromatic N) is 7. The van der Waals surface area contributed by atoms with E-state index in [1.807, 2.05) is 28.9 Å². The SMILES string of the molecule is COc1ccc2cc(C(c3nnnn3C3CCCCC3)N3CCN(c4ccc([N+](=O)[O-])cc4)CC3)c(=O)[nH]c2c1. The minimum Gasteiger partial charge on any atom is -0.497 e. The smallest absolute Gasteiger partial charge is 0.269 e. The standard InChI is InChI=1S/C28H32N8O4/c1-40-23-12-7-19-17-24(28(37)29-25(19)18-23)26(27-30-31-32-35(27)21-5-3-2-4-6-21)34-15-13-33(14-16-34)20-8-10-22(11-9-20)36(38)39/h7-12,17-18,21,26H,2-6,13-16H2,1H3,(H,29,37). The molecule has 4 aromatic rings. The van der Waals surface area contributed by atoms with E-state index in [1.54, 1.807) is 19.2 Å². The molecular weight excluding hydrogens is 512 g/mol. The molecule has 208 valence electrons. The molecule has 12 heteroatoms. The number of hydrogen-bond acceptors (Lipinski definition) is 9. The van der Waals surface area contributed by atoms with Crippen LogP contribution >= 0.6 is 0 Å². The van der Waals surface area contributed by atoms with Crippen molar-refractivity contribution < 1.29 is 9.66 Å². The minimum atomic E-state index is -0.425. The molecule has 2 fully saturated rings. The molecular formula is C28H32N8O4. The predicted octanol–water partition coefficient (Wildman–Crippen LogP) is 3.85. The highest BCUT2D eigenvalue weighted by Crippen LogP contribution is 2.34. The number of fused-ring (bicyclic) bond motifs is 1. The number of piperazine rings is 1. The van der Waals surface area contributed by atoms with Gasteiger partial charge in [0.05, 0.1) is 23.6 Å². The Kier molecular flexibility index (Phi) is 7.16. The summed E-state index contributed by atoms with van der Waals surface area (Å²) < 4.78 is 7.29. The van der Waals surface area contributed by atoms with Crippen molar-refractivity contribution in [3.63, 3.8) is 0 Å². The number of hydrogen-bond donors (Lipinski definition) is 1. The van der Waals surface area contributed by atoms with Crippen molar-refractivity contribution in [2.45, 2.75) is 44.2 Å². The van der Waals surface area contributed by atoms with Gasteiger partial charge in [-0.2, -0.15) is 0 Å². The van der Waals surface area contributed by atoms with E-state index >= 15 is 0 Å². The van der Waals surface area contributed by atoms with Crippen LogP contribution in [0.15, 0.2) is 53.3 Å². The van der Waals surface area contributed by atoms with Gasteiger partial charge in [-0.05, 0) is 59.0 Å². The molecule has 3 heterocycles. The first-order chi connectivity index (χ1) is 19.5. The summed E-state index contributed by atoms with van der Waals surface area (Å²) in [6, 6.07) is 14.0. The Hall–Kier alpha value is -4.32. The maximum absolute atomic E-state index is 13.6. The summed E-state index contributed by atoms with van der Waals surface area (Å²) in [5, 5.41) is 25.0. The average molecular weight is 545 g/mol. The second kappa shape index (κ2) is 11.0. The van der Waals surface area contributed by atoms with E-state index in [9.17, 15) is 14.9 Å². The van der Waals surface area contributed by atoms with E-state index in [1.165, 1.54) is 18.6 Å². The number of ether oxygens (including phenoxy) is 1. The highest BCUT2D eigenvalue weighted by Gasteiger charge is 2.34. The summed E-state index contributed by atoms with van der Waals surface area (Å²) in [6.07, 6.45) is 5.54. The lowest BCUT2D eigenvalue weighted by Gasteiger charge is -2.40. The first kappa shape index (κ1) is 25.9. The highest BCUT2D eigenvalue weighted by atomic mass is 16.6. The number of rotatable bonds is 7. The summed E-state index contributed by atoms with van der Waals surface area (Å²) >= 11 is 0. The zero-order valence-corrected chi connectivity index (χ0v) is 22.4. The number of pyridine rings is 1. The third-order valence-corrected chi connectivity index (χ3v) is 8.16. The highest BCUT2D eigenvalue weighted by molar-refractivity contribution is 5.80. The molecule has 1 N–H and O–H groups in total. The summed E-state index contributed by atoms with van der Waals surface area (Å²) in [7, 11) is 1.60. The quantitative estimate of drug-likeness (QED) is 0.272. The van der Waals surface area contributed by atoms with Gasteiger partial charge in [0.15, 0.2) is 5.82 Å². The lowest BCUT2D eigenvalue weighted by atomic mass is 9.95. The van der Waals surface area contributed by atoms with E-state index < -0.39 is 6.04 Å². The Balaban J connectivity index is 1.35. The zero-order valence-electron chi connectivity index (χ0n) is 22.4. The van der Waals surface area contributed by atoms with Gasteiger partial charge < -0.3 is 14.6 Å². The van der Waals surface area contributed by atoms with Gasteiger partial charge in [0.2, 0.25) is 0 Å². The minimum absolute atomic E-state index is 0.0742. The lowest BCUT2D eigenvalue weighted by molar-refractivity contribution is -0.384. The molecule has 0 spiro atoms. The van der Waals surface area contributed by atoms with E-state index in [2.05, 4.69) is 30.3 Å². The molecule has 0 bridgehead atoms. The number of aromatic amines is 1. The van der Waals surface area contributed by atoms with Crippen LogP contribution in [0.5, 0.6) is 5.75 Å². The van der Waals surface area contributed by atoms with Crippen LogP contribution in [0.25, 0.3) is 10.9 Å². The number of methoxy groups -OCH3 is 1. The van der Waals surface area contributed by atoms with Crippen LogP contribution in [0, 0.1) is 10.1 Å². The lowest BCUT2D eigenvalue weighted by Crippen LogP contribution is -2.49. The van der Waals surface area contributed by atoms with Gasteiger partial charge in [0.1, 0.15) is 11.8 Å². The molecule has 0 amide bonds. The number of aromatic nitrogens is 5. The molecule has 1 aliphatic heterocycles. The second-order valence-electron chi connectivity index (χ2n) is 10.5. The van der Waals surface area contributed by atoms with E-state index in [0.29, 0.717) is 48.8 Å². The van der Waals surface area contributed by atoms with Gasteiger partial charge >= 0.3 is 0 Å². The van der Waals surface area contributed by atoms with Gasteiger partial charge in [0, 0.05) is 55.6 Å². The van der Waals surface area contributed by atoms with Crippen LogP contribution in [0.2, 0.25) is 0 Å². The molecule has 0 radical (unpaired) electrons. The van der Waals surface area contributed by atoms with Gasteiger partial charge in [-0.25, -0.2) is 4.68 Å². The molecule has 1 aliphatic carbocycles. The molecule has 1 atom stereocenters. The first-order valence-electron chi connectivity index (χ1n) is 13.7. The number of tetrazole rings is 1. The van der Waals surface area contributed by atoms with Crippen LogP contribution in [0.3, 0.4) is 0 Å². The van der Waals surface area contributed by atoms with E-state index in [0.717, 1.165) is 36.8 Å². The molecule has 6 rings (SSSR count). The largest absolute Gasteiger partial charge is 0.497 e. The Bertz CT molecular complexity index is 1550. The fourth-order valence-electron chi connectivity index (χ4n) is 6.02. The maximum atomic E-state index is 13.6. The number of anilines is 1. The third-order valence-electron chi connectivity index (χ3n) is 8.16. The normalized spacial score (nSPS) is 17.7. The van der Waals surface area contributed by atoms with Crippen LogP contribution in [-0.2, 0) is 0 Å². The average Bonchev–Trinajstić information content (AvgIpc) is 3.47. The molecule has 1 saturated carbocycles. The predicted molar refractivity (Wildman–Crippen MR) is 150 cm³/mol. The van der Waals surface area contributed by atoms with Gasteiger partial charge in [-0.3, -0.25) is 19.8 Å². The van der Waals surface area contributed by atoms with Crippen molar-refractivity contribution in [2.24, 2.45) is 0 Å². The van der Waals surface area contributed by atoms with Crippen molar-refractivity contribution in [3.05, 3.63) is 80.4 Å². The molecule has 40 heavy (non-hydrogen) atoms. The number of benzene rings is 2. The molecule has 12 nitrogen and oxygen atoms in total. The van der Waals surface area contributed by atoms with Crippen LogP contribution < -0.4 is 15.2 Å². The number of nitrogens with one attached hydrogen (secondary N) is 1. The van der Waals surface area contributed by atoms with Gasteiger partial charge in [0.25, 0.3) is 11.2 Å². The maximum Gasteiger partial charge on any atom is 0.269 e. The number of H-pyrrole nitrogens is 1. The van der Waals surface area contributed by atoms with Gasteiger partial charge in [-0.15, -0.1) is 5.10 Å². The fraction of sp³-hybridized carbons (Fsp3) is 0.429. The van der Waals surface area contributed by atoms with Crippen molar-refractivity contribution in [1.29, 1.82) is 0 Å². The molecule has 2 aromatic carbocycles. The molecule has 1 saturated heterocycles. The van der Waals surface area contributed by atoms with Crippen molar-refractivity contribution in [2.75, 3.05) is 38.2 Å². The summed E-state index contributed by atoms with van der Waals surface area (Å²) in [5.41, 5.74) is 2.15. The fourth-order valence-corrected chi connectivity index (χ4v) is 6.02. The Morgan fingerprint density at radius 3 is 2.48 bits per heavy atom. The van der Waals surface area contributed by atoms with Gasteiger partial charge in [-0.1, -0.05) is 19.3 Å². The van der Waals surface area contributed by atoms with Crippen molar-refractivity contribution in [3.8, 4) is 5.75 Å². The van der Waals surface area contributed by atoms with Crippen LogP contribution in [0.1, 0.15) is 55.6 Å². The van der Waals surface area contributed by atoms with Crippen molar-refractivity contribution >= 4 is 22.3 Å². The summed E-state index contributed by atoms with van der Waals surface area (Å²) in [6.45, 7) is 2.72. The van der Waals surface area contributed by atoms with Crippen LogP contribution in [0.4, 0.5) is 11.4 Å². The first-order valence-corrected chi connectivity index (χ1v) is 13.7. The summed E-state index contributed by atoms with van der Waals surface area (Å²) in [4.78, 5) is 31.8. The third kappa shape index (κ3) is 5.02. The van der Waals surface area contributed by atoms with E-state index in [4.69, 9.17) is 4.74 Å². The molecule has 1 unspecified atom stereocenters. The molecule has 2 aromatic heterocycles. The Morgan fingerprint density at radius 1 is 1.02 bits per heavy atom. The number of nitro groups is 1. The number of nitro benzene ring substituents is 1.